The van der Waals surface area contributed by atoms with Crippen LogP contribution in [0, 0.1) is 5.92 Å². The number of nitrogens with one attached hydrogen (secondary N) is 2. The molecule has 0 aromatic carbocycles. The maximum absolute atomic E-state index is 11.5. The molecule has 1 unspecified atom stereocenters. The Morgan fingerprint density at radius 2 is 2.20 bits per heavy atom. The van der Waals surface area contributed by atoms with E-state index in [9.17, 15) is 9.59 Å². The van der Waals surface area contributed by atoms with Crippen molar-refractivity contribution in [1.82, 2.24) is 15.5 Å². The number of hydrogen-bond donors (Lipinski definition) is 3. The monoisotopic (exact) mass is 300 g/mol. The standard InChI is InChI=1S/C12H20N4O3S/c1-2-3-9(4-5-10(17)18)6-7-13-11(19)15-12-16-14-8-20-12/h8-9H,2-7H2,1H3,(H,17,18)(H2,13,15,16,19). The lowest BCUT2D eigenvalue weighted by molar-refractivity contribution is -0.137. The smallest absolute Gasteiger partial charge is 0.321 e. The van der Waals surface area contributed by atoms with Crippen LogP contribution in [0.1, 0.15) is 39.0 Å². The van der Waals surface area contributed by atoms with Gasteiger partial charge in [0.15, 0.2) is 0 Å². The minimum Gasteiger partial charge on any atom is -0.481 e. The average Bonchev–Trinajstić information content (AvgIpc) is 2.88. The Hall–Kier alpha value is -1.70. The fraction of sp³-hybridized carbons (Fsp3) is 0.667. The van der Waals surface area contributed by atoms with Gasteiger partial charge < -0.3 is 10.4 Å². The molecule has 0 aliphatic heterocycles. The van der Waals surface area contributed by atoms with Crippen LogP contribution < -0.4 is 10.6 Å². The molecule has 3 N–H and O–H groups in total. The number of urea groups is 1. The molecule has 0 aliphatic carbocycles. The van der Waals surface area contributed by atoms with E-state index >= 15 is 0 Å². The van der Waals surface area contributed by atoms with E-state index in [4.69, 9.17) is 5.11 Å². The number of aromatic nitrogens is 2. The summed E-state index contributed by atoms with van der Waals surface area (Å²) in [5.41, 5.74) is 1.54. The molecular weight excluding hydrogens is 280 g/mol. The van der Waals surface area contributed by atoms with Gasteiger partial charge in [0, 0.05) is 13.0 Å². The normalized spacial score (nSPS) is 11.8. The summed E-state index contributed by atoms with van der Waals surface area (Å²) in [6, 6.07) is -0.310. The van der Waals surface area contributed by atoms with Crippen molar-refractivity contribution in [1.29, 1.82) is 0 Å². The number of hydrogen-bond acceptors (Lipinski definition) is 5. The van der Waals surface area contributed by atoms with Gasteiger partial charge in [-0.1, -0.05) is 31.1 Å². The van der Waals surface area contributed by atoms with Crippen molar-refractivity contribution in [2.75, 3.05) is 11.9 Å². The zero-order valence-electron chi connectivity index (χ0n) is 11.5. The van der Waals surface area contributed by atoms with Crippen molar-refractivity contribution in [2.45, 2.75) is 39.0 Å². The predicted molar refractivity (Wildman–Crippen MR) is 76.8 cm³/mol. The molecule has 0 aliphatic rings. The lowest BCUT2D eigenvalue weighted by atomic mass is 9.94. The van der Waals surface area contributed by atoms with Gasteiger partial charge in [0.2, 0.25) is 5.13 Å². The van der Waals surface area contributed by atoms with Gasteiger partial charge in [0.1, 0.15) is 5.51 Å². The maximum atomic E-state index is 11.5. The van der Waals surface area contributed by atoms with Crippen molar-refractivity contribution < 1.29 is 14.7 Å². The van der Waals surface area contributed by atoms with Crippen LogP contribution >= 0.6 is 11.3 Å². The molecule has 0 spiro atoms. The summed E-state index contributed by atoms with van der Waals surface area (Å²) in [7, 11) is 0. The summed E-state index contributed by atoms with van der Waals surface area (Å²) in [4.78, 5) is 22.1. The van der Waals surface area contributed by atoms with E-state index < -0.39 is 5.97 Å². The number of rotatable bonds is 9. The molecule has 1 aromatic rings. The first-order chi connectivity index (χ1) is 9.61. The number of carboxylic acid groups (broad SMARTS) is 1. The van der Waals surface area contributed by atoms with Gasteiger partial charge in [-0.25, -0.2) is 4.79 Å². The number of aliphatic carboxylic acids is 1. The summed E-state index contributed by atoms with van der Waals surface area (Å²) in [6.45, 7) is 2.60. The molecule has 20 heavy (non-hydrogen) atoms. The Kier molecular flexibility index (Phi) is 7.56. The van der Waals surface area contributed by atoms with Gasteiger partial charge in [-0.15, -0.1) is 10.2 Å². The molecule has 0 saturated carbocycles. The van der Waals surface area contributed by atoms with Crippen LogP contribution in [-0.4, -0.2) is 33.8 Å². The van der Waals surface area contributed by atoms with Crippen LogP contribution in [0.4, 0.5) is 9.93 Å². The lowest BCUT2D eigenvalue weighted by Crippen LogP contribution is -2.30. The van der Waals surface area contributed by atoms with Crippen molar-refractivity contribution in [3.8, 4) is 0 Å². The molecule has 0 saturated heterocycles. The van der Waals surface area contributed by atoms with Gasteiger partial charge >= 0.3 is 12.0 Å². The number of carbonyl (C=O) groups excluding carboxylic acids is 1. The van der Waals surface area contributed by atoms with Crippen molar-refractivity contribution in [3.05, 3.63) is 5.51 Å². The Labute approximate surface area is 121 Å². The molecule has 0 radical (unpaired) electrons. The molecule has 0 bridgehead atoms. The van der Waals surface area contributed by atoms with E-state index in [1.807, 2.05) is 0 Å². The predicted octanol–water partition coefficient (Wildman–Crippen LogP) is 2.33. The number of carboxylic acids is 1. The summed E-state index contributed by atoms with van der Waals surface area (Å²) in [5.74, 6) is -0.439. The largest absolute Gasteiger partial charge is 0.481 e. The van der Waals surface area contributed by atoms with Crippen molar-refractivity contribution in [3.63, 3.8) is 0 Å². The molecule has 1 rings (SSSR count). The first-order valence-corrected chi connectivity index (χ1v) is 7.52. The lowest BCUT2D eigenvalue weighted by Gasteiger charge is -2.15. The summed E-state index contributed by atoms with van der Waals surface area (Å²) in [5, 5.41) is 21.8. The third kappa shape index (κ3) is 7.03. The first kappa shape index (κ1) is 16.4. The Bertz CT molecular complexity index is 411. The molecule has 2 amide bonds. The van der Waals surface area contributed by atoms with Crippen LogP contribution in [0.2, 0.25) is 0 Å². The van der Waals surface area contributed by atoms with Crippen molar-refractivity contribution >= 4 is 28.5 Å². The highest BCUT2D eigenvalue weighted by Crippen LogP contribution is 2.17. The number of carbonyl (C=O) groups is 2. The second-order valence-corrected chi connectivity index (χ2v) is 5.33. The number of amides is 2. The second kappa shape index (κ2) is 9.24. The Morgan fingerprint density at radius 1 is 1.40 bits per heavy atom. The van der Waals surface area contributed by atoms with Crippen LogP contribution in [0.5, 0.6) is 0 Å². The zero-order chi connectivity index (χ0) is 14.8. The van der Waals surface area contributed by atoms with Crippen LogP contribution in [0.25, 0.3) is 0 Å². The minimum absolute atomic E-state index is 0.182. The van der Waals surface area contributed by atoms with Gasteiger partial charge in [-0.2, -0.15) is 0 Å². The van der Waals surface area contributed by atoms with Crippen LogP contribution in [0.15, 0.2) is 5.51 Å². The minimum atomic E-state index is -0.770. The first-order valence-electron chi connectivity index (χ1n) is 6.64. The fourth-order valence-electron chi connectivity index (χ4n) is 1.93. The molecule has 112 valence electrons. The van der Waals surface area contributed by atoms with Crippen LogP contribution in [-0.2, 0) is 4.79 Å². The SMILES string of the molecule is CCCC(CCNC(=O)Nc1nncs1)CCC(=O)O. The van der Waals surface area contributed by atoms with E-state index in [0.717, 1.165) is 19.3 Å². The third-order valence-corrected chi connectivity index (χ3v) is 3.49. The molecule has 8 heteroatoms. The summed E-state index contributed by atoms with van der Waals surface area (Å²) < 4.78 is 0. The van der Waals surface area contributed by atoms with E-state index in [1.54, 1.807) is 5.51 Å². The van der Waals surface area contributed by atoms with Gasteiger partial charge in [-0.3, -0.25) is 10.1 Å². The molecule has 1 heterocycles. The van der Waals surface area contributed by atoms with Gasteiger partial charge in [0.05, 0.1) is 0 Å². The molecule has 1 atom stereocenters. The van der Waals surface area contributed by atoms with E-state index in [-0.39, 0.29) is 12.5 Å². The third-order valence-electron chi connectivity index (χ3n) is 2.88. The van der Waals surface area contributed by atoms with E-state index in [1.165, 1.54) is 11.3 Å². The topological polar surface area (TPSA) is 104 Å². The summed E-state index contributed by atoms with van der Waals surface area (Å²) in [6.07, 6.45) is 3.61. The zero-order valence-corrected chi connectivity index (χ0v) is 12.3. The van der Waals surface area contributed by atoms with E-state index in [0.29, 0.717) is 24.0 Å². The highest BCUT2D eigenvalue weighted by atomic mass is 32.1. The molecule has 0 fully saturated rings. The van der Waals surface area contributed by atoms with Gasteiger partial charge in [-0.05, 0) is 18.8 Å². The quantitative estimate of drug-likeness (QED) is 0.649. The molecule has 7 nitrogen and oxygen atoms in total. The molecular formula is C12H20N4O3S. The van der Waals surface area contributed by atoms with E-state index in [2.05, 4.69) is 27.8 Å². The van der Waals surface area contributed by atoms with Gasteiger partial charge in [0.25, 0.3) is 0 Å². The highest BCUT2D eigenvalue weighted by Gasteiger charge is 2.11. The Balaban J connectivity index is 2.21. The Morgan fingerprint density at radius 3 is 2.80 bits per heavy atom. The molecule has 1 aromatic heterocycles. The number of nitrogens with zero attached hydrogens (tertiary/aromatic N) is 2. The second-order valence-electron chi connectivity index (χ2n) is 4.50. The summed E-state index contributed by atoms with van der Waals surface area (Å²) >= 11 is 1.25. The maximum Gasteiger partial charge on any atom is 0.321 e. The number of anilines is 1. The highest BCUT2D eigenvalue weighted by molar-refractivity contribution is 7.13. The van der Waals surface area contributed by atoms with Crippen molar-refractivity contribution in [2.24, 2.45) is 5.92 Å². The fourth-order valence-corrected chi connectivity index (χ4v) is 2.37. The average molecular weight is 300 g/mol. The van der Waals surface area contributed by atoms with Crippen LogP contribution in [0.3, 0.4) is 0 Å².